The Balaban J connectivity index is 0.00000413. The molecule has 0 saturated carbocycles. The molecule has 0 radical (unpaired) electrons. The van der Waals surface area contributed by atoms with E-state index >= 15 is 0 Å². The van der Waals surface area contributed by atoms with Crippen LogP contribution in [0.2, 0.25) is 0 Å². The van der Waals surface area contributed by atoms with Gasteiger partial charge in [0, 0.05) is 42.6 Å². The average molecular weight is 843 g/mol. The van der Waals surface area contributed by atoms with Crippen LogP contribution < -0.4 is 0 Å². The number of phenols is 1. The van der Waals surface area contributed by atoms with Crippen LogP contribution in [0.5, 0.6) is 5.75 Å². The zero-order valence-corrected chi connectivity index (χ0v) is 30.2. The Labute approximate surface area is 316 Å². The molecular weight excluding hydrogens is 806 g/mol. The maximum atomic E-state index is 11.3. The fraction of sp³-hybridized carbons (Fsp3) is 0.0870. The van der Waals surface area contributed by atoms with Crippen LogP contribution in [-0.2, 0) is 26.5 Å². The van der Waals surface area contributed by atoms with Crippen LogP contribution in [0.1, 0.15) is 34.7 Å². The van der Waals surface area contributed by atoms with Gasteiger partial charge >= 0.3 is 0 Å². The fourth-order valence-electron chi connectivity index (χ4n) is 7.67. The number of nitrogens with zero attached hydrogens (tertiary/aromatic N) is 3. The van der Waals surface area contributed by atoms with Gasteiger partial charge < -0.3 is 5.11 Å². The van der Waals surface area contributed by atoms with Gasteiger partial charge in [0.15, 0.2) is 0 Å². The number of aromatic hydroxyl groups is 1. The van der Waals surface area contributed by atoms with Crippen LogP contribution in [-0.4, -0.2) is 19.6 Å². The molecule has 0 atom stereocenters. The van der Waals surface area contributed by atoms with Gasteiger partial charge in [-0.3, -0.25) is 9.55 Å². The van der Waals surface area contributed by atoms with Gasteiger partial charge in [0.05, 0.1) is 22.3 Å². The minimum absolute atomic E-state index is 0. The van der Waals surface area contributed by atoms with E-state index in [1.165, 1.54) is 11.1 Å². The zero-order valence-electron chi connectivity index (χ0n) is 31.0. The molecule has 0 amide bonds. The summed E-state index contributed by atoms with van der Waals surface area (Å²) in [5.41, 5.74) is 12.6. The first-order valence-corrected chi connectivity index (χ1v) is 16.7. The number of benzene rings is 6. The first-order valence-electron chi connectivity index (χ1n) is 18.2. The smallest absolute Gasteiger partial charge is 0.148 e. The third-order valence-corrected chi connectivity index (χ3v) is 9.95. The Morgan fingerprint density at radius 1 is 0.706 bits per heavy atom. The predicted molar refractivity (Wildman–Crippen MR) is 203 cm³/mol. The molecular formula is C46H34N3OPt-. The van der Waals surface area contributed by atoms with Gasteiger partial charge in [-0.25, -0.2) is 4.98 Å². The molecule has 0 fully saturated rings. The molecule has 9 rings (SSSR count). The normalized spacial score (nSPS) is 13.8. The number of aromatic nitrogens is 3. The summed E-state index contributed by atoms with van der Waals surface area (Å²) < 4.78 is 26.7. The molecule has 6 aromatic carbocycles. The Morgan fingerprint density at radius 3 is 2.24 bits per heavy atom. The van der Waals surface area contributed by atoms with Crippen LogP contribution >= 0.6 is 0 Å². The Hall–Kier alpha value is -5.57. The summed E-state index contributed by atoms with van der Waals surface area (Å²) in [4.78, 5) is 10.1. The molecule has 250 valence electrons. The van der Waals surface area contributed by atoms with Crippen molar-refractivity contribution < 1.29 is 30.3 Å². The number of hydrogen-bond donors (Lipinski definition) is 1. The van der Waals surface area contributed by atoms with E-state index < -0.39 is 6.85 Å². The Morgan fingerprint density at radius 2 is 1.45 bits per heavy atom. The second-order valence-corrected chi connectivity index (χ2v) is 13.3. The van der Waals surface area contributed by atoms with Crippen molar-refractivity contribution in [2.75, 3.05) is 0 Å². The number of rotatable bonds is 5. The molecule has 0 saturated heterocycles. The molecule has 4 nitrogen and oxygen atoms in total. The molecule has 1 N–H and O–H groups in total. The Bertz CT molecular complexity index is 2700. The van der Waals surface area contributed by atoms with Crippen molar-refractivity contribution in [3.8, 4) is 67.5 Å². The van der Waals surface area contributed by atoms with E-state index in [-0.39, 0.29) is 37.8 Å². The summed E-state index contributed by atoms with van der Waals surface area (Å²) in [6.45, 7) is 2.23. The molecule has 0 bridgehead atoms. The second kappa shape index (κ2) is 12.6. The third kappa shape index (κ3) is 5.25. The first-order chi connectivity index (χ1) is 25.6. The van der Waals surface area contributed by atoms with E-state index in [4.69, 9.17) is 14.1 Å². The van der Waals surface area contributed by atoms with Gasteiger partial charge in [-0.05, 0) is 65.4 Å². The van der Waals surface area contributed by atoms with Crippen molar-refractivity contribution in [1.82, 2.24) is 14.5 Å². The minimum Gasteiger partial charge on any atom is -0.507 e. The van der Waals surface area contributed by atoms with E-state index in [9.17, 15) is 5.11 Å². The molecule has 0 aliphatic heterocycles. The van der Waals surface area contributed by atoms with Gasteiger partial charge in [0.1, 0.15) is 11.6 Å². The van der Waals surface area contributed by atoms with Crippen LogP contribution in [0.25, 0.3) is 72.7 Å². The zero-order chi connectivity index (χ0) is 36.5. The predicted octanol–water partition coefficient (Wildman–Crippen LogP) is 11.2. The van der Waals surface area contributed by atoms with Crippen molar-refractivity contribution in [3.63, 3.8) is 0 Å². The molecule has 8 aromatic rings. The fourth-order valence-corrected chi connectivity index (χ4v) is 7.67. The number of imidazole rings is 1. The maximum absolute atomic E-state index is 11.3. The largest absolute Gasteiger partial charge is 0.507 e. The van der Waals surface area contributed by atoms with Crippen molar-refractivity contribution in [2.45, 2.75) is 26.1 Å². The minimum atomic E-state index is -2.30. The number of fused-ring (bicyclic) bond motifs is 4. The average Bonchev–Trinajstić information content (AvgIpc) is 3.67. The SMILES string of the molecule is [2H]C([2H])([2H])c1ccc(-n2c(-c3ccccc3O)nc3c(-c4[c-]c(-c5ccccn5)cc5c4C(C)(C)c4ccccc4-5)cccc32)c(-c2ccccc2)c1.[Pt]. The summed E-state index contributed by atoms with van der Waals surface area (Å²) in [5.74, 6) is 0.622. The van der Waals surface area contributed by atoms with Crippen LogP contribution in [0.4, 0.5) is 0 Å². The number of hydrogen-bond acceptors (Lipinski definition) is 3. The first kappa shape index (κ1) is 29.2. The number of para-hydroxylation sites is 2. The van der Waals surface area contributed by atoms with Crippen LogP contribution in [0.15, 0.2) is 146 Å². The number of pyridine rings is 1. The summed E-state index contributed by atoms with van der Waals surface area (Å²) in [6.07, 6.45) is 1.80. The van der Waals surface area contributed by atoms with E-state index in [0.29, 0.717) is 11.4 Å². The number of aryl methyl sites for hydroxylation is 1. The molecule has 0 unspecified atom stereocenters. The van der Waals surface area contributed by atoms with Gasteiger partial charge in [-0.1, -0.05) is 139 Å². The molecule has 0 spiro atoms. The second-order valence-electron chi connectivity index (χ2n) is 13.3. The van der Waals surface area contributed by atoms with E-state index in [2.05, 4.69) is 56.3 Å². The molecule has 2 heterocycles. The maximum Gasteiger partial charge on any atom is 0.148 e. The van der Waals surface area contributed by atoms with Crippen molar-refractivity contribution >= 4 is 11.0 Å². The van der Waals surface area contributed by atoms with Crippen LogP contribution in [0.3, 0.4) is 0 Å². The van der Waals surface area contributed by atoms with E-state index in [1.54, 1.807) is 30.5 Å². The summed E-state index contributed by atoms with van der Waals surface area (Å²) in [5, 5.41) is 11.3. The molecule has 5 heteroatoms. The molecule has 1 aliphatic carbocycles. The standard InChI is InChI=1S/C46H34N3O.Pt/c1-29-23-24-40(35(26-29)30-14-5-4-6-15-30)49-41-21-13-18-33(44(41)48-45(49)34-17-8-10-22-42(34)50)37-28-31(39-20-11-12-25-47-39)27-36-32-16-7-9-19-38(32)46(2,3)43(36)37;/h4-27,50H,1-3H3;/q-1;/i1D3;. The Kier molecular flexibility index (Phi) is 7.23. The molecule has 1 aliphatic rings. The van der Waals surface area contributed by atoms with Gasteiger partial charge in [-0.2, -0.15) is 0 Å². The van der Waals surface area contributed by atoms with E-state index in [1.807, 2.05) is 83.4 Å². The topological polar surface area (TPSA) is 50.9 Å². The summed E-state index contributed by atoms with van der Waals surface area (Å²) in [6, 6.07) is 48.9. The van der Waals surface area contributed by atoms with Gasteiger partial charge in [0.25, 0.3) is 0 Å². The van der Waals surface area contributed by atoms with Crippen molar-refractivity contribution in [3.05, 3.63) is 168 Å². The quantitative estimate of drug-likeness (QED) is 0.176. The summed E-state index contributed by atoms with van der Waals surface area (Å²) in [7, 11) is 0. The third-order valence-electron chi connectivity index (χ3n) is 9.95. The van der Waals surface area contributed by atoms with Crippen molar-refractivity contribution in [2.24, 2.45) is 0 Å². The molecule has 51 heavy (non-hydrogen) atoms. The van der Waals surface area contributed by atoms with Gasteiger partial charge in [-0.15, -0.1) is 17.7 Å². The molecule has 2 aromatic heterocycles. The van der Waals surface area contributed by atoms with E-state index in [0.717, 1.165) is 61.4 Å². The number of phenolic OH excluding ortho intramolecular Hbond substituents is 1. The summed E-state index contributed by atoms with van der Waals surface area (Å²) >= 11 is 0. The van der Waals surface area contributed by atoms with Crippen LogP contribution in [0, 0.1) is 12.9 Å². The van der Waals surface area contributed by atoms with Crippen molar-refractivity contribution in [1.29, 1.82) is 0 Å². The monoisotopic (exact) mass is 842 g/mol. The van der Waals surface area contributed by atoms with Gasteiger partial charge in [0.2, 0.25) is 0 Å².